The van der Waals surface area contributed by atoms with E-state index >= 15 is 0 Å². The maximum absolute atomic E-state index is 8.77. The molecular weight excluding hydrogens is 254 g/mol. The maximum Gasteiger partial charge on any atom is 0.144 e. The minimum atomic E-state index is -0.316. The second kappa shape index (κ2) is 7.14. The molecule has 0 saturated heterocycles. The molecule has 0 aliphatic rings. The van der Waals surface area contributed by atoms with E-state index in [1.807, 2.05) is 32.0 Å². The maximum atomic E-state index is 8.77. The zero-order valence-electron chi connectivity index (χ0n) is 12.8. The Morgan fingerprint density at radius 1 is 1.40 bits per heavy atom. The van der Waals surface area contributed by atoms with Gasteiger partial charge >= 0.3 is 0 Å². The molecule has 1 aromatic carbocycles. The standard InChI is InChI=1S/C15H25N3O2/c1-15(2,14(16)17-19)9-10-18(3)11-12-7-5-6-8-13(12)20-4/h5-8,19H,9-11H2,1-4H3,(H2,16,17). The molecule has 5 heteroatoms. The number of benzene rings is 1. The van der Waals surface area contributed by atoms with E-state index in [1.165, 1.54) is 0 Å². The van der Waals surface area contributed by atoms with Crippen LogP contribution in [-0.4, -0.2) is 36.6 Å². The van der Waals surface area contributed by atoms with Gasteiger partial charge in [-0.05, 0) is 26.1 Å². The second-order valence-electron chi connectivity index (χ2n) is 5.67. The molecule has 1 aromatic rings. The Labute approximate surface area is 121 Å². The molecule has 0 aliphatic heterocycles. The number of hydrogen-bond donors (Lipinski definition) is 2. The van der Waals surface area contributed by atoms with E-state index in [0.29, 0.717) is 0 Å². The highest BCUT2D eigenvalue weighted by molar-refractivity contribution is 5.85. The molecule has 0 radical (unpaired) electrons. The molecule has 0 fully saturated rings. The average Bonchev–Trinajstić information content (AvgIpc) is 2.45. The molecule has 0 saturated carbocycles. The molecule has 1 rings (SSSR count). The Bertz CT molecular complexity index is 458. The van der Waals surface area contributed by atoms with Gasteiger partial charge in [0, 0.05) is 17.5 Å². The fourth-order valence-corrected chi connectivity index (χ4v) is 1.94. The Balaban J connectivity index is 2.58. The molecule has 0 atom stereocenters. The van der Waals surface area contributed by atoms with Crippen molar-refractivity contribution in [3.63, 3.8) is 0 Å². The molecule has 0 amide bonds. The van der Waals surface area contributed by atoms with E-state index in [-0.39, 0.29) is 11.3 Å². The Morgan fingerprint density at radius 2 is 2.05 bits per heavy atom. The lowest BCUT2D eigenvalue weighted by atomic mass is 9.88. The topological polar surface area (TPSA) is 71.1 Å². The zero-order valence-corrected chi connectivity index (χ0v) is 12.8. The first-order valence-corrected chi connectivity index (χ1v) is 6.69. The van der Waals surface area contributed by atoms with Gasteiger partial charge in [-0.2, -0.15) is 0 Å². The summed E-state index contributed by atoms with van der Waals surface area (Å²) in [6, 6.07) is 7.99. The summed E-state index contributed by atoms with van der Waals surface area (Å²) in [5.74, 6) is 1.17. The first kappa shape index (κ1) is 16.3. The predicted octanol–water partition coefficient (Wildman–Crippen LogP) is 2.29. The van der Waals surface area contributed by atoms with Gasteiger partial charge in [0.05, 0.1) is 7.11 Å². The van der Waals surface area contributed by atoms with Gasteiger partial charge in [-0.15, -0.1) is 0 Å². The molecule has 112 valence electrons. The summed E-state index contributed by atoms with van der Waals surface area (Å²) >= 11 is 0. The minimum absolute atomic E-state index is 0.267. The van der Waals surface area contributed by atoms with Crippen LogP contribution in [0.25, 0.3) is 0 Å². The quantitative estimate of drug-likeness (QED) is 0.348. The molecule has 0 aromatic heterocycles. The number of amidine groups is 1. The van der Waals surface area contributed by atoms with E-state index in [4.69, 9.17) is 15.7 Å². The summed E-state index contributed by atoms with van der Waals surface area (Å²) in [4.78, 5) is 2.20. The first-order chi connectivity index (χ1) is 9.40. The van der Waals surface area contributed by atoms with Crippen LogP contribution in [0, 0.1) is 5.41 Å². The third-order valence-electron chi connectivity index (χ3n) is 3.55. The van der Waals surface area contributed by atoms with Crippen molar-refractivity contribution >= 4 is 5.84 Å². The summed E-state index contributed by atoms with van der Waals surface area (Å²) in [7, 11) is 3.73. The van der Waals surface area contributed by atoms with Crippen molar-refractivity contribution in [2.24, 2.45) is 16.3 Å². The fourth-order valence-electron chi connectivity index (χ4n) is 1.94. The summed E-state index contributed by atoms with van der Waals surface area (Å²) in [6.45, 7) is 5.59. The highest BCUT2D eigenvalue weighted by Gasteiger charge is 2.23. The SMILES string of the molecule is COc1ccccc1CN(C)CCC(C)(C)C(N)=NO. The number of para-hydroxylation sites is 1. The highest BCUT2D eigenvalue weighted by Crippen LogP contribution is 2.22. The van der Waals surface area contributed by atoms with Crippen molar-refractivity contribution in [2.45, 2.75) is 26.8 Å². The highest BCUT2D eigenvalue weighted by atomic mass is 16.5. The summed E-state index contributed by atoms with van der Waals surface area (Å²) < 4.78 is 5.35. The van der Waals surface area contributed by atoms with Crippen LogP contribution in [-0.2, 0) is 6.54 Å². The van der Waals surface area contributed by atoms with Crippen molar-refractivity contribution in [3.8, 4) is 5.75 Å². The second-order valence-corrected chi connectivity index (χ2v) is 5.67. The molecule has 0 bridgehead atoms. The fraction of sp³-hybridized carbons (Fsp3) is 0.533. The Morgan fingerprint density at radius 3 is 2.65 bits per heavy atom. The molecular formula is C15H25N3O2. The van der Waals surface area contributed by atoms with Crippen molar-refractivity contribution < 1.29 is 9.94 Å². The van der Waals surface area contributed by atoms with Crippen molar-refractivity contribution in [1.82, 2.24) is 4.90 Å². The van der Waals surface area contributed by atoms with E-state index in [2.05, 4.69) is 23.2 Å². The number of methoxy groups -OCH3 is 1. The smallest absolute Gasteiger partial charge is 0.144 e. The Hall–Kier alpha value is -1.75. The number of rotatable bonds is 7. The third-order valence-corrected chi connectivity index (χ3v) is 3.55. The van der Waals surface area contributed by atoms with Gasteiger partial charge in [-0.25, -0.2) is 0 Å². The number of nitrogens with zero attached hydrogens (tertiary/aromatic N) is 2. The van der Waals surface area contributed by atoms with Crippen molar-refractivity contribution in [3.05, 3.63) is 29.8 Å². The van der Waals surface area contributed by atoms with Gasteiger partial charge < -0.3 is 20.6 Å². The first-order valence-electron chi connectivity index (χ1n) is 6.69. The monoisotopic (exact) mass is 279 g/mol. The molecule has 3 N–H and O–H groups in total. The number of hydrogen-bond acceptors (Lipinski definition) is 4. The van der Waals surface area contributed by atoms with Crippen molar-refractivity contribution in [2.75, 3.05) is 20.7 Å². The summed E-state index contributed by atoms with van der Waals surface area (Å²) in [5.41, 5.74) is 6.53. The number of oxime groups is 1. The zero-order chi connectivity index (χ0) is 15.2. The summed E-state index contributed by atoms with van der Waals surface area (Å²) in [5, 5.41) is 11.9. The lowest BCUT2D eigenvalue weighted by Gasteiger charge is -2.26. The van der Waals surface area contributed by atoms with Crippen LogP contribution in [0.5, 0.6) is 5.75 Å². The van der Waals surface area contributed by atoms with Crippen LogP contribution in [0.4, 0.5) is 0 Å². The van der Waals surface area contributed by atoms with E-state index in [1.54, 1.807) is 7.11 Å². The van der Waals surface area contributed by atoms with Crippen molar-refractivity contribution in [1.29, 1.82) is 0 Å². The van der Waals surface area contributed by atoms with E-state index in [0.717, 1.165) is 30.8 Å². The van der Waals surface area contributed by atoms with Gasteiger partial charge in [0.1, 0.15) is 11.6 Å². The van der Waals surface area contributed by atoms with Gasteiger partial charge in [-0.1, -0.05) is 37.2 Å². The largest absolute Gasteiger partial charge is 0.496 e. The van der Waals surface area contributed by atoms with Crippen LogP contribution >= 0.6 is 0 Å². The van der Waals surface area contributed by atoms with Crippen LogP contribution in [0.15, 0.2) is 29.4 Å². The molecule has 0 unspecified atom stereocenters. The number of nitrogens with two attached hydrogens (primary N) is 1. The summed E-state index contributed by atoms with van der Waals surface area (Å²) in [6.07, 6.45) is 0.814. The normalized spacial score (nSPS) is 12.8. The Kier molecular flexibility index (Phi) is 5.82. The molecule has 0 spiro atoms. The molecule has 0 heterocycles. The van der Waals surface area contributed by atoms with Crippen LogP contribution < -0.4 is 10.5 Å². The predicted molar refractivity (Wildman–Crippen MR) is 81.1 cm³/mol. The van der Waals surface area contributed by atoms with Gasteiger partial charge in [0.25, 0.3) is 0 Å². The van der Waals surface area contributed by atoms with Gasteiger partial charge in [0.2, 0.25) is 0 Å². The molecule has 20 heavy (non-hydrogen) atoms. The van der Waals surface area contributed by atoms with Gasteiger partial charge in [0.15, 0.2) is 0 Å². The van der Waals surface area contributed by atoms with Gasteiger partial charge in [-0.3, -0.25) is 0 Å². The van der Waals surface area contributed by atoms with Crippen LogP contribution in [0.3, 0.4) is 0 Å². The lowest BCUT2D eigenvalue weighted by molar-refractivity contribution is 0.269. The van der Waals surface area contributed by atoms with E-state index in [9.17, 15) is 0 Å². The van der Waals surface area contributed by atoms with Crippen LogP contribution in [0.2, 0.25) is 0 Å². The van der Waals surface area contributed by atoms with E-state index < -0.39 is 0 Å². The van der Waals surface area contributed by atoms with Crippen LogP contribution in [0.1, 0.15) is 25.8 Å². The third kappa shape index (κ3) is 4.42. The minimum Gasteiger partial charge on any atom is -0.496 e. The lowest BCUT2D eigenvalue weighted by Crippen LogP contribution is -2.35. The number of ether oxygens (including phenoxy) is 1. The average molecular weight is 279 g/mol. The molecule has 5 nitrogen and oxygen atoms in total. The molecule has 0 aliphatic carbocycles.